The Hall–Kier alpha value is -1.46. The van der Waals surface area contributed by atoms with Crippen molar-refractivity contribution >= 4 is 5.69 Å². The summed E-state index contributed by atoms with van der Waals surface area (Å²) in [6.07, 6.45) is 0.327. The van der Waals surface area contributed by atoms with Gasteiger partial charge in [0.05, 0.1) is 17.1 Å². The summed E-state index contributed by atoms with van der Waals surface area (Å²) in [4.78, 5) is 10.0. The first-order valence-corrected chi connectivity index (χ1v) is 4.84. The second kappa shape index (κ2) is 3.96. The van der Waals surface area contributed by atoms with Gasteiger partial charge in [-0.1, -0.05) is 12.1 Å². The highest BCUT2D eigenvalue weighted by atomic mass is 16.6. The summed E-state index contributed by atoms with van der Waals surface area (Å²) in [6, 6.07) is 6.20. The maximum atomic E-state index is 10.4. The smallest absolute Gasteiger partial charge is 0.269 e. The molecule has 2 unspecified atom stereocenters. The molecule has 1 aliphatic heterocycles. The molecule has 5 heteroatoms. The van der Waals surface area contributed by atoms with Gasteiger partial charge in [0.25, 0.3) is 5.69 Å². The molecule has 1 aliphatic rings. The lowest BCUT2D eigenvalue weighted by molar-refractivity contribution is -0.384. The molecule has 0 spiro atoms. The molecular weight excluding hydrogens is 196 g/mol. The van der Waals surface area contributed by atoms with E-state index in [1.165, 1.54) is 12.1 Å². The number of nitro groups is 1. The van der Waals surface area contributed by atoms with Gasteiger partial charge < -0.3 is 10.4 Å². The minimum atomic E-state index is -0.428. The maximum absolute atomic E-state index is 10.4. The van der Waals surface area contributed by atoms with Crippen molar-refractivity contribution in [3.8, 4) is 0 Å². The molecular formula is C10H12N2O3. The monoisotopic (exact) mass is 208 g/mol. The van der Waals surface area contributed by atoms with Gasteiger partial charge in [0.15, 0.2) is 0 Å². The van der Waals surface area contributed by atoms with Gasteiger partial charge in [0.1, 0.15) is 0 Å². The number of benzene rings is 1. The van der Waals surface area contributed by atoms with Crippen LogP contribution >= 0.6 is 0 Å². The Balaban J connectivity index is 2.19. The number of rotatable bonds is 2. The van der Waals surface area contributed by atoms with Gasteiger partial charge in [0.2, 0.25) is 0 Å². The Morgan fingerprint density at radius 2 is 2.07 bits per heavy atom. The van der Waals surface area contributed by atoms with Crippen LogP contribution in [0.25, 0.3) is 0 Å². The largest absolute Gasteiger partial charge is 0.391 e. The average molecular weight is 208 g/mol. The van der Waals surface area contributed by atoms with Crippen LogP contribution in [0.3, 0.4) is 0 Å². The standard InChI is InChI=1S/C10H12N2O3/c13-9-5-6-11-10(9)7-1-3-8(4-2-7)12(14)15/h1-4,9-11,13H,5-6H2. The minimum absolute atomic E-state index is 0.0752. The molecule has 0 amide bonds. The van der Waals surface area contributed by atoms with E-state index in [2.05, 4.69) is 5.32 Å². The summed E-state index contributed by atoms with van der Waals surface area (Å²) < 4.78 is 0. The molecule has 0 radical (unpaired) electrons. The molecule has 80 valence electrons. The molecule has 0 saturated carbocycles. The Kier molecular flexibility index (Phi) is 2.66. The number of non-ortho nitro benzene ring substituents is 1. The van der Waals surface area contributed by atoms with E-state index < -0.39 is 11.0 Å². The van der Waals surface area contributed by atoms with Crippen LogP contribution in [0, 0.1) is 10.1 Å². The van der Waals surface area contributed by atoms with Crippen LogP contribution in [-0.4, -0.2) is 22.7 Å². The van der Waals surface area contributed by atoms with Crippen molar-refractivity contribution in [2.75, 3.05) is 6.54 Å². The quantitative estimate of drug-likeness (QED) is 0.561. The molecule has 0 aromatic heterocycles. The van der Waals surface area contributed by atoms with Crippen LogP contribution in [0.5, 0.6) is 0 Å². The molecule has 5 nitrogen and oxygen atoms in total. The van der Waals surface area contributed by atoms with E-state index in [1.54, 1.807) is 12.1 Å². The van der Waals surface area contributed by atoms with Crippen LogP contribution in [0.2, 0.25) is 0 Å². The van der Waals surface area contributed by atoms with Gasteiger partial charge >= 0.3 is 0 Å². The number of aliphatic hydroxyl groups excluding tert-OH is 1. The Morgan fingerprint density at radius 1 is 1.40 bits per heavy atom. The van der Waals surface area contributed by atoms with E-state index in [1.807, 2.05) is 0 Å². The van der Waals surface area contributed by atoms with E-state index in [-0.39, 0.29) is 11.7 Å². The predicted octanol–water partition coefficient (Wildman–Crippen LogP) is 0.990. The first-order valence-electron chi connectivity index (χ1n) is 4.84. The molecule has 2 rings (SSSR count). The van der Waals surface area contributed by atoms with Crippen molar-refractivity contribution in [2.45, 2.75) is 18.6 Å². The number of nitro benzene ring substituents is 1. The molecule has 1 heterocycles. The number of hydrogen-bond donors (Lipinski definition) is 2. The Labute approximate surface area is 86.9 Å². The normalized spacial score (nSPS) is 25.4. The second-order valence-electron chi connectivity index (χ2n) is 3.64. The van der Waals surface area contributed by atoms with Gasteiger partial charge in [-0.25, -0.2) is 0 Å². The van der Waals surface area contributed by atoms with Crippen molar-refractivity contribution in [1.29, 1.82) is 0 Å². The summed E-state index contributed by atoms with van der Waals surface area (Å²) in [5, 5.41) is 23.2. The van der Waals surface area contributed by atoms with Crippen LogP contribution in [-0.2, 0) is 0 Å². The Morgan fingerprint density at radius 3 is 2.53 bits per heavy atom. The SMILES string of the molecule is O=[N+]([O-])c1ccc(C2NCCC2O)cc1. The highest BCUT2D eigenvalue weighted by molar-refractivity contribution is 5.34. The lowest BCUT2D eigenvalue weighted by Gasteiger charge is -2.14. The zero-order valence-corrected chi connectivity index (χ0v) is 8.09. The fourth-order valence-corrected chi connectivity index (χ4v) is 1.83. The van der Waals surface area contributed by atoms with E-state index in [0.29, 0.717) is 0 Å². The minimum Gasteiger partial charge on any atom is -0.391 e. The van der Waals surface area contributed by atoms with Crippen molar-refractivity contribution in [1.82, 2.24) is 5.32 Å². The molecule has 0 bridgehead atoms. The molecule has 1 aromatic rings. The molecule has 15 heavy (non-hydrogen) atoms. The van der Waals surface area contributed by atoms with Gasteiger partial charge in [-0.05, 0) is 18.5 Å². The fraction of sp³-hybridized carbons (Fsp3) is 0.400. The summed E-state index contributed by atoms with van der Waals surface area (Å²) in [5.41, 5.74) is 0.969. The molecule has 2 atom stereocenters. The van der Waals surface area contributed by atoms with Crippen molar-refractivity contribution < 1.29 is 10.0 Å². The van der Waals surface area contributed by atoms with Crippen LogP contribution in [0.15, 0.2) is 24.3 Å². The van der Waals surface area contributed by atoms with E-state index >= 15 is 0 Å². The van der Waals surface area contributed by atoms with E-state index in [4.69, 9.17) is 0 Å². The average Bonchev–Trinajstić information content (AvgIpc) is 2.65. The lowest BCUT2D eigenvalue weighted by atomic mass is 10.0. The molecule has 1 saturated heterocycles. The van der Waals surface area contributed by atoms with Gasteiger partial charge in [0, 0.05) is 12.1 Å². The second-order valence-corrected chi connectivity index (χ2v) is 3.64. The zero-order valence-electron chi connectivity index (χ0n) is 8.09. The third-order valence-electron chi connectivity index (χ3n) is 2.65. The Bertz CT molecular complexity index is 363. The van der Waals surface area contributed by atoms with Crippen molar-refractivity contribution in [2.24, 2.45) is 0 Å². The summed E-state index contributed by atoms with van der Waals surface area (Å²) in [5.74, 6) is 0. The predicted molar refractivity (Wildman–Crippen MR) is 54.5 cm³/mol. The van der Waals surface area contributed by atoms with Gasteiger partial charge in [-0.2, -0.15) is 0 Å². The molecule has 1 aromatic carbocycles. The van der Waals surface area contributed by atoms with Crippen LogP contribution in [0.4, 0.5) is 5.69 Å². The summed E-state index contributed by atoms with van der Waals surface area (Å²) in [7, 11) is 0. The zero-order chi connectivity index (χ0) is 10.8. The van der Waals surface area contributed by atoms with Crippen molar-refractivity contribution in [3.05, 3.63) is 39.9 Å². The number of hydrogen-bond acceptors (Lipinski definition) is 4. The van der Waals surface area contributed by atoms with E-state index in [0.717, 1.165) is 18.5 Å². The highest BCUT2D eigenvalue weighted by Gasteiger charge is 2.26. The molecule has 2 N–H and O–H groups in total. The number of nitrogens with one attached hydrogen (secondary N) is 1. The van der Waals surface area contributed by atoms with Crippen LogP contribution in [0.1, 0.15) is 18.0 Å². The van der Waals surface area contributed by atoms with Gasteiger partial charge in [-0.15, -0.1) is 0 Å². The van der Waals surface area contributed by atoms with E-state index in [9.17, 15) is 15.2 Å². The summed E-state index contributed by atoms with van der Waals surface area (Å²) in [6.45, 7) is 0.781. The number of nitrogens with zero attached hydrogens (tertiary/aromatic N) is 1. The summed E-state index contributed by atoms with van der Waals surface area (Å²) >= 11 is 0. The van der Waals surface area contributed by atoms with Crippen molar-refractivity contribution in [3.63, 3.8) is 0 Å². The molecule has 1 fully saturated rings. The molecule has 0 aliphatic carbocycles. The number of aliphatic hydroxyl groups is 1. The third kappa shape index (κ3) is 1.98. The lowest BCUT2D eigenvalue weighted by Crippen LogP contribution is -2.20. The highest BCUT2D eigenvalue weighted by Crippen LogP contribution is 2.25. The first kappa shape index (κ1) is 10.1. The van der Waals surface area contributed by atoms with Gasteiger partial charge in [-0.3, -0.25) is 10.1 Å². The fourth-order valence-electron chi connectivity index (χ4n) is 1.83. The topological polar surface area (TPSA) is 75.4 Å². The first-order chi connectivity index (χ1) is 7.18. The van der Waals surface area contributed by atoms with Crippen LogP contribution < -0.4 is 5.32 Å². The maximum Gasteiger partial charge on any atom is 0.269 e. The third-order valence-corrected chi connectivity index (χ3v) is 2.65.